The zero-order valence-electron chi connectivity index (χ0n) is 12.5. The summed E-state index contributed by atoms with van der Waals surface area (Å²) in [5.74, 6) is 0.880. The SMILES string of the molecule is COc1ccccc1Sc1cccc(Cl)c1CNC(C)C. The van der Waals surface area contributed by atoms with Crippen LogP contribution in [0.5, 0.6) is 5.75 Å². The molecule has 112 valence electrons. The molecule has 0 radical (unpaired) electrons. The average molecular weight is 322 g/mol. The van der Waals surface area contributed by atoms with E-state index in [-0.39, 0.29) is 0 Å². The number of halogens is 1. The van der Waals surface area contributed by atoms with Crippen LogP contribution >= 0.6 is 23.4 Å². The van der Waals surface area contributed by atoms with Gasteiger partial charge in [-0.1, -0.05) is 55.4 Å². The van der Waals surface area contributed by atoms with Gasteiger partial charge in [0.1, 0.15) is 5.75 Å². The molecule has 4 heteroatoms. The average Bonchev–Trinajstić information content (AvgIpc) is 2.47. The predicted molar refractivity (Wildman–Crippen MR) is 90.5 cm³/mol. The Hall–Kier alpha value is -1.16. The first kappa shape index (κ1) is 16.2. The molecule has 0 aliphatic rings. The quantitative estimate of drug-likeness (QED) is 0.809. The third-order valence-corrected chi connectivity index (χ3v) is 4.57. The van der Waals surface area contributed by atoms with E-state index in [1.165, 1.54) is 0 Å². The van der Waals surface area contributed by atoms with Crippen molar-refractivity contribution < 1.29 is 4.74 Å². The minimum absolute atomic E-state index is 0.422. The number of ether oxygens (including phenoxy) is 1. The molecule has 0 spiro atoms. The molecule has 2 nitrogen and oxygen atoms in total. The van der Waals surface area contributed by atoms with E-state index < -0.39 is 0 Å². The maximum Gasteiger partial charge on any atom is 0.132 e. The van der Waals surface area contributed by atoms with Crippen molar-refractivity contribution in [3.05, 3.63) is 53.1 Å². The molecular weight excluding hydrogens is 302 g/mol. The van der Waals surface area contributed by atoms with Crippen molar-refractivity contribution in [2.75, 3.05) is 7.11 Å². The number of hydrogen-bond acceptors (Lipinski definition) is 3. The van der Waals surface area contributed by atoms with Crippen molar-refractivity contribution >= 4 is 23.4 Å². The molecule has 0 bridgehead atoms. The molecule has 0 fully saturated rings. The molecule has 0 aliphatic carbocycles. The molecule has 0 amide bonds. The summed E-state index contributed by atoms with van der Waals surface area (Å²) in [6.45, 7) is 5.02. The molecule has 0 atom stereocenters. The van der Waals surface area contributed by atoms with Gasteiger partial charge in [0.05, 0.1) is 12.0 Å². The number of benzene rings is 2. The highest BCUT2D eigenvalue weighted by Crippen LogP contribution is 2.38. The lowest BCUT2D eigenvalue weighted by molar-refractivity contribution is 0.405. The van der Waals surface area contributed by atoms with Crippen LogP contribution in [-0.2, 0) is 6.54 Å². The maximum atomic E-state index is 6.37. The summed E-state index contributed by atoms with van der Waals surface area (Å²) >= 11 is 8.05. The van der Waals surface area contributed by atoms with E-state index in [0.29, 0.717) is 6.04 Å². The summed E-state index contributed by atoms with van der Waals surface area (Å²) in [4.78, 5) is 2.24. The molecule has 1 N–H and O–H groups in total. The Morgan fingerprint density at radius 1 is 1.10 bits per heavy atom. The van der Waals surface area contributed by atoms with Gasteiger partial charge >= 0.3 is 0 Å². The van der Waals surface area contributed by atoms with E-state index in [1.54, 1.807) is 18.9 Å². The number of nitrogens with one attached hydrogen (secondary N) is 1. The van der Waals surface area contributed by atoms with Gasteiger partial charge in [-0.25, -0.2) is 0 Å². The van der Waals surface area contributed by atoms with Gasteiger partial charge in [0.25, 0.3) is 0 Å². The van der Waals surface area contributed by atoms with Gasteiger partial charge in [0.15, 0.2) is 0 Å². The maximum absolute atomic E-state index is 6.37. The van der Waals surface area contributed by atoms with Gasteiger partial charge in [0.2, 0.25) is 0 Å². The largest absolute Gasteiger partial charge is 0.496 e. The van der Waals surface area contributed by atoms with Crippen LogP contribution in [0.15, 0.2) is 52.3 Å². The highest BCUT2D eigenvalue weighted by Gasteiger charge is 2.11. The first-order valence-corrected chi connectivity index (χ1v) is 8.13. The van der Waals surface area contributed by atoms with Crippen LogP contribution in [-0.4, -0.2) is 13.2 Å². The van der Waals surface area contributed by atoms with Gasteiger partial charge in [-0.05, 0) is 29.8 Å². The second-order valence-corrected chi connectivity index (χ2v) is 6.50. The van der Waals surface area contributed by atoms with Crippen molar-refractivity contribution in [3.63, 3.8) is 0 Å². The fraction of sp³-hybridized carbons (Fsp3) is 0.294. The van der Waals surface area contributed by atoms with Crippen LogP contribution in [0.4, 0.5) is 0 Å². The molecule has 0 saturated heterocycles. The van der Waals surface area contributed by atoms with E-state index >= 15 is 0 Å². The summed E-state index contributed by atoms with van der Waals surface area (Å²) < 4.78 is 5.42. The normalized spacial score (nSPS) is 10.9. The lowest BCUT2D eigenvalue weighted by atomic mass is 10.2. The fourth-order valence-electron chi connectivity index (χ4n) is 1.93. The highest BCUT2D eigenvalue weighted by molar-refractivity contribution is 7.99. The first-order valence-electron chi connectivity index (χ1n) is 6.93. The smallest absolute Gasteiger partial charge is 0.132 e. The van der Waals surface area contributed by atoms with Crippen LogP contribution < -0.4 is 10.1 Å². The van der Waals surface area contributed by atoms with E-state index in [0.717, 1.165) is 32.7 Å². The number of para-hydroxylation sites is 1. The van der Waals surface area contributed by atoms with Gasteiger partial charge < -0.3 is 10.1 Å². The zero-order chi connectivity index (χ0) is 15.2. The van der Waals surface area contributed by atoms with Crippen molar-refractivity contribution in [2.24, 2.45) is 0 Å². The van der Waals surface area contributed by atoms with Crippen molar-refractivity contribution in [2.45, 2.75) is 36.2 Å². The van der Waals surface area contributed by atoms with E-state index in [9.17, 15) is 0 Å². The Kier molecular flexibility index (Phi) is 5.97. The molecule has 2 rings (SSSR count). The second kappa shape index (κ2) is 7.74. The van der Waals surface area contributed by atoms with Crippen LogP contribution in [0.1, 0.15) is 19.4 Å². The molecule has 0 aromatic heterocycles. The summed E-state index contributed by atoms with van der Waals surface area (Å²) in [5, 5.41) is 4.22. The Labute approximate surface area is 135 Å². The Bertz CT molecular complexity index is 601. The van der Waals surface area contributed by atoms with Gasteiger partial charge in [-0.3, -0.25) is 0 Å². The lowest BCUT2D eigenvalue weighted by Crippen LogP contribution is -2.22. The van der Waals surface area contributed by atoms with Crippen LogP contribution in [0.2, 0.25) is 5.02 Å². The minimum Gasteiger partial charge on any atom is -0.496 e. The molecule has 2 aromatic rings. The van der Waals surface area contributed by atoms with Gasteiger partial charge in [-0.15, -0.1) is 0 Å². The molecule has 0 unspecified atom stereocenters. The monoisotopic (exact) mass is 321 g/mol. The van der Waals surface area contributed by atoms with Crippen molar-refractivity contribution in [1.29, 1.82) is 0 Å². The Balaban J connectivity index is 2.29. The van der Waals surface area contributed by atoms with Crippen LogP contribution in [0.3, 0.4) is 0 Å². The Morgan fingerprint density at radius 3 is 2.52 bits per heavy atom. The molecule has 0 saturated carbocycles. The molecule has 21 heavy (non-hydrogen) atoms. The summed E-state index contributed by atoms with van der Waals surface area (Å²) in [6, 6.07) is 14.5. The summed E-state index contributed by atoms with van der Waals surface area (Å²) in [5.41, 5.74) is 1.13. The Morgan fingerprint density at radius 2 is 1.81 bits per heavy atom. The predicted octanol–water partition coefficient (Wildman–Crippen LogP) is 5.00. The fourth-order valence-corrected chi connectivity index (χ4v) is 3.32. The third kappa shape index (κ3) is 4.40. The number of methoxy groups -OCH3 is 1. The molecule has 0 heterocycles. The standard InChI is InChI=1S/C17H20ClNOS/c1-12(2)19-11-13-14(18)7-6-10-16(13)21-17-9-5-4-8-15(17)20-3/h4-10,12,19H,11H2,1-3H3. The van der Waals surface area contributed by atoms with E-state index in [2.05, 4.69) is 31.3 Å². The van der Waals surface area contributed by atoms with Crippen LogP contribution in [0.25, 0.3) is 0 Å². The first-order chi connectivity index (χ1) is 10.1. The van der Waals surface area contributed by atoms with Gasteiger partial charge in [-0.2, -0.15) is 0 Å². The summed E-state index contributed by atoms with van der Waals surface area (Å²) in [6.07, 6.45) is 0. The topological polar surface area (TPSA) is 21.3 Å². The third-order valence-electron chi connectivity index (χ3n) is 3.05. The van der Waals surface area contributed by atoms with E-state index in [4.69, 9.17) is 16.3 Å². The van der Waals surface area contributed by atoms with E-state index in [1.807, 2.05) is 30.3 Å². The van der Waals surface area contributed by atoms with Gasteiger partial charge in [0, 0.05) is 22.5 Å². The molecular formula is C17H20ClNOS. The number of rotatable bonds is 6. The minimum atomic E-state index is 0.422. The zero-order valence-corrected chi connectivity index (χ0v) is 14.1. The summed E-state index contributed by atoms with van der Waals surface area (Å²) in [7, 11) is 1.69. The van der Waals surface area contributed by atoms with Crippen molar-refractivity contribution in [1.82, 2.24) is 5.32 Å². The lowest BCUT2D eigenvalue weighted by Gasteiger charge is -2.15. The van der Waals surface area contributed by atoms with Crippen molar-refractivity contribution in [3.8, 4) is 5.75 Å². The molecule has 2 aromatic carbocycles. The second-order valence-electron chi connectivity index (χ2n) is 5.01. The molecule has 0 aliphatic heterocycles. The highest BCUT2D eigenvalue weighted by atomic mass is 35.5. The van der Waals surface area contributed by atoms with Crippen LogP contribution in [0, 0.1) is 0 Å². The number of hydrogen-bond donors (Lipinski definition) is 1.